The minimum absolute atomic E-state index is 0.0952. The molecule has 0 aliphatic rings. The fourth-order valence-corrected chi connectivity index (χ4v) is 4.92. The van der Waals surface area contributed by atoms with Gasteiger partial charge < -0.3 is 5.11 Å². The molecule has 0 atom stereocenters. The van der Waals surface area contributed by atoms with Crippen molar-refractivity contribution in [3.8, 4) is 27.3 Å². The summed E-state index contributed by atoms with van der Waals surface area (Å²) in [6.07, 6.45) is 1.16. The summed E-state index contributed by atoms with van der Waals surface area (Å²) in [5, 5.41) is 10.2. The van der Waals surface area contributed by atoms with Crippen molar-refractivity contribution >= 4 is 31.3 Å². The van der Waals surface area contributed by atoms with Gasteiger partial charge in [0.1, 0.15) is 5.75 Å². The van der Waals surface area contributed by atoms with E-state index in [1.54, 1.807) is 54.6 Å². The molecule has 0 saturated carbocycles. The molecule has 3 aromatic carbocycles. The van der Waals surface area contributed by atoms with Gasteiger partial charge in [0.15, 0.2) is 15.3 Å². The van der Waals surface area contributed by atoms with Gasteiger partial charge in [-0.15, -0.1) is 11.3 Å². The summed E-state index contributed by atoms with van der Waals surface area (Å²) >= 11 is 1.48. The summed E-state index contributed by atoms with van der Waals surface area (Å²) in [6.45, 7) is 0. The van der Waals surface area contributed by atoms with Crippen LogP contribution in [0.1, 0.15) is 0 Å². The number of sulfone groups is 1. The fourth-order valence-electron chi connectivity index (χ4n) is 3.09. The number of rotatable bonds is 3. The Balaban J connectivity index is 2.03. The quantitative estimate of drug-likeness (QED) is 0.533. The Morgan fingerprint density at radius 2 is 1.43 bits per heavy atom. The van der Waals surface area contributed by atoms with Crippen molar-refractivity contribution in [1.29, 1.82) is 0 Å². The third kappa shape index (κ3) is 3.32. The maximum Gasteiger partial charge on any atom is 0.196 e. The van der Waals surface area contributed by atoms with Crippen LogP contribution in [0.3, 0.4) is 0 Å². The van der Waals surface area contributed by atoms with Gasteiger partial charge in [-0.1, -0.05) is 36.4 Å². The van der Waals surface area contributed by atoms with Crippen LogP contribution >= 0.6 is 11.3 Å². The second kappa shape index (κ2) is 6.89. The second-order valence-corrected chi connectivity index (χ2v) is 9.54. The van der Waals surface area contributed by atoms with Crippen LogP contribution in [0.4, 0.5) is 0 Å². The van der Waals surface area contributed by atoms with Crippen LogP contribution in [0.2, 0.25) is 0 Å². The SMILES string of the molecule is CS(=O)(=O)c1ccc(-c2sc3ccccc3c(=O)c2-c2ccc(O)cc2)cc1. The summed E-state index contributed by atoms with van der Waals surface area (Å²) in [4.78, 5) is 14.3. The zero-order valence-corrected chi connectivity index (χ0v) is 16.5. The monoisotopic (exact) mass is 408 g/mol. The van der Waals surface area contributed by atoms with E-state index in [4.69, 9.17) is 0 Å². The van der Waals surface area contributed by atoms with Crippen molar-refractivity contribution in [3.63, 3.8) is 0 Å². The third-order valence-corrected chi connectivity index (χ3v) is 6.85. The van der Waals surface area contributed by atoms with Gasteiger partial charge >= 0.3 is 0 Å². The van der Waals surface area contributed by atoms with E-state index < -0.39 is 9.84 Å². The van der Waals surface area contributed by atoms with Crippen LogP contribution in [-0.2, 0) is 9.84 Å². The molecule has 4 nitrogen and oxygen atoms in total. The van der Waals surface area contributed by atoms with E-state index in [0.717, 1.165) is 21.4 Å². The minimum atomic E-state index is -3.30. The number of phenolic OH excluding ortho intramolecular Hbond substituents is 1. The first-order chi connectivity index (χ1) is 13.3. The maximum atomic E-state index is 13.3. The Hall–Kier alpha value is -2.96. The topological polar surface area (TPSA) is 71.4 Å². The molecule has 4 rings (SSSR count). The minimum Gasteiger partial charge on any atom is -0.508 e. The van der Waals surface area contributed by atoms with Crippen molar-refractivity contribution in [1.82, 2.24) is 0 Å². The second-order valence-electron chi connectivity index (χ2n) is 6.47. The van der Waals surface area contributed by atoms with Gasteiger partial charge in [0.25, 0.3) is 0 Å². The van der Waals surface area contributed by atoms with E-state index in [1.165, 1.54) is 11.3 Å². The lowest BCUT2D eigenvalue weighted by molar-refractivity contribution is 0.475. The molecule has 0 fully saturated rings. The average molecular weight is 409 g/mol. The van der Waals surface area contributed by atoms with Crippen LogP contribution in [0.5, 0.6) is 5.75 Å². The molecule has 0 amide bonds. The molecule has 0 bridgehead atoms. The normalized spacial score (nSPS) is 11.6. The van der Waals surface area contributed by atoms with Crippen molar-refractivity contribution in [3.05, 3.63) is 83.0 Å². The molecule has 140 valence electrons. The smallest absolute Gasteiger partial charge is 0.196 e. The fraction of sp³-hybridized carbons (Fsp3) is 0.0455. The molecule has 0 aliphatic carbocycles. The third-order valence-electron chi connectivity index (χ3n) is 4.50. The summed E-state index contributed by atoms with van der Waals surface area (Å²) in [7, 11) is -3.30. The largest absolute Gasteiger partial charge is 0.508 e. The van der Waals surface area contributed by atoms with Crippen LogP contribution in [0, 0.1) is 0 Å². The lowest BCUT2D eigenvalue weighted by Gasteiger charge is -2.11. The van der Waals surface area contributed by atoms with E-state index in [2.05, 4.69) is 0 Å². The van der Waals surface area contributed by atoms with Gasteiger partial charge in [0.05, 0.1) is 4.90 Å². The van der Waals surface area contributed by atoms with Crippen molar-refractivity contribution in [2.75, 3.05) is 6.26 Å². The molecule has 4 aromatic rings. The highest BCUT2D eigenvalue weighted by Crippen LogP contribution is 2.37. The lowest BCUT2D eigenvalue weighted by atomic mass is 10.0. The first-order valence-electron chi connectivity index (χ1n) is 8.50. The molecule has 0 radical (unpaired) electrons. The molecule has 28 heavy (non-hydrogen) atoms. The summed E-state index contributed by atoms with van der Waals surface area (Å²) < 4.78 is 24.4. The zero-order chi connectivity index (χ0) is 19.9. The van der Waals surface area contributed by atoms with Gasteiger partial charge in [-0.3, -0.25) is 4.79 Å². The first-order valence-corrected chi connectivity index (χ1v) is 11.2. The van der Waals surface area contributed by atoms with E-state index in [9.17, 15) is 18.3 Å². The molecule has 1 N–H and O–H groups in total. The lowest BCUT2D eigenvalue weighted by Crippen LogP contribution is -2.06. The van der Waals surface area contributed by atoms with Crippen LogP contribution in [-0.4, -0.2) is 19.8 Å². The Bertz CT molecular complexity index is 1330. The molecular weight excluding hydrogens is 392 g/mol. The standard InChI is InChI=1S/C22H16O4S2/c1-28(25,26)17-12-8-15(9-13-17)22-20(14-6-10-16(23)11-7-14)21(24)18-4-2-3-5-19(18)27-22/h2-13,23H,1H3. The Labute approximate surface area is 166 Å². The summed E-state index contributed by atoms with van der Waals surface area (Å²) in [6, 6.07) is 20.5. The molecular formula is C22H16O4S2. The number of aromatic hydroxyl groups is 1. The molecule has 1 heterocycles. The molecule has 0 spiro atoms. The molecule has 1 aromatic heterocycles. The van der Waals surface area contributed by atoms with Gasteiger partial charge in [0, 0.05) is 26.8 Å². The molecule has 0 aliphatic heterocycles. The molecule has 0 unspecified atom stereocenters. The average Bonchev–Trinajstić information content (AvgIpc) is 2.68. The van der Waals surface area contributed by atoms with Crippen molar-refractivity contribution in [2.24, 2.45) is 0 Å². The van der Waals surface area contributed by atoms with Gasteiger partial charge in [-0.25, -0.2) is 8.42 Å². The zero-order valence-electron chi connectivity index (χ0n) is 14.9. The van der Waals surface area contributed by atoms with Gasteiger partial charge in [-0.05, 0) is 47.5 Å². The number of hydrogen-bond donors (Lipinski definition) is 1. The number of phenols is 1. The highest BCUT2D eigenvalue weighted by atomic mass is 32.2. The predicted molar refractivity (Wildman–Crippen MR) is 114 cm³/mol. The van der Waals surface area contributed by atoms with Crippen LogP contribution in [0.15, 0.2) is 82.5 Å². The highest BCUT2D eigenvalue weighted by Gasteiger charge is 2.17. The number of hydrogen-bond acceptors (Lipinski definition) is 5. The van der Waals surface area contributed by atoms with Crippen molar-refractivity contribution < 1.29 is 13.5 Å². The van der Waals surface area contributed by atoms with E-state index in [-0.39, 0.29) is 16.1 Å². The predicted octanol–water partition coefficient (Wildman–Crippen LogP) is 4.70. The van der Waals surface area contributed by atoms with Crippen LogP contribution in [0.25, 0.3) is 31.7 Å². The number of fused-ring (bicyclic) bond motifs is 1. The number of benzene rings is 3. The molecule has 6 heteroatoms. The highest BCUT2D eigenvalue weighted by molar-refractivity contribution is 7.90. The molecule has 0 saturated heterocycles. The summed E-state index contributed by atoms with van der Waals surface area (Å²) in [5.74, 6) is 0.125. The Morgan fingerprint density at radius 3 is 2.07 bits per heavy atom. The van der Waals surface area contributed by atoms with Gasteiger partial charge in [-0.2, -0.15) is 0 Å². The Kier molecular flexibility index (Phi) is 4.53. The van der Waals surface area contributed by atoms with Crippen molar-refractivity contribution in [2.45, 2.75) is 4.90 Å². The van der Waals surface area contributed by atoms with E-state index in [1.807, 2.05) is 18.2 Å². The first kappa shape index (κ1) is 18.4. The Morgan fingerprint density at radius 1 is 0.821 bits per heavy atom. The van der Waals surface area contributed by atoms with Crippen LogP contribution < -0.4 is 5.43 Å². The van der Waals surface area contributed by atoms with E-state index >= 15 is 0 Å². The van der Waals surface area contributed by atoms with E-state index in [0.29, 0.717) is 16.5 Å². The van der Waals surface area contributed by atoms with Gasteiger partial charge in [0.2, 0.25) is 0 Å². The maximum absolute atomic E-state index is 13.3. The summed E-state index contributed by atoms with van der Waals surface area (Å²) in [5.41, 5.74) is 1.91.